The van der Waals surface area contributed by atoms with Crippen molar-refractivity contribution in [1.29, 1.82) is 0 Å². The van der Waals surface area contributed by atoms with Crippen molar-refractivity contribution >= 4 is 23.4 Å². The van der Waals surface area contributed by atoms with Crippen LogP contribution in [0.25, 0.3) is 11.5 Å². The standard InChI is InChI=1S/C22H23N3O4S/c1-13(2)21-24-22(29-25-21)16-6-4-5-14(3)20(16)23-19(26)12-30-15-7-8-17-18(11-15)28-10-9-27-17/h4-8,11,13H,9-10,12H2,1-3H3,(H,23,26). The second-order valence-electron chi connectivity index (χ2n) is 7.25. The van der Waals surface area contributed by atoms with Gasteiger partial charge in [0.05, 0.1) is 17.0 Å². The number of carbonyl (C=O) groups is 1. The summed E-state index contributed by atoms with van der Waals surface area (Å²) >= 11 is 1.44. The predicted molar refractivity (Wildman–Crippen MR) is 115 cm³/mol. The van der Waals surface area contributed by atoms with E-state index in [0.717, 1.165) is 16.2 Å². The molecule has 2 heterocycles. The lowest BCUT2D eigenvalue weighted by molar-refractivity contribution is -0.113. The van der Waals surface area contributed by atoms with E-state index in [9.17, 15) is 4.79 Å². The third kappa shape index (κ3) is 4.43. The molecule has 3 aromatic rings. The van der Waals surface area contributed by atoms with Crippen LogP contribution in [0.3, 0.4) is 0 Å². The number of hydrogen-bond donors (Lipinski definition) is 1. The van der Waals surface area contributed by atoms with Gasteiger partial charge in [-0.2, -0.15) is 4.98 Å². The first-order chi connectivity index (χ1) is 14.5. The number of amides is 1. The average molecular weight is 426 g/mol. The number of rotatable bonds is 6. The lowest BCUT2D eigenvalue weighted by Crippen LogP contribution is -2.16. The zero-order valence-corrected chi connectivity index (χ0v) is 17.9. The number of aromatic nitrogens is 2. The fourth-order valence-electron chi connectivity index (χ4n) is 3.03. The lowest BCUT2D eigenvalue weighted by atomic mass is 10.1. The van der Waals surface area contributed by atoms with Crippen molar-refractivity contribution in [3.05, 3.63) is 47.8 Å². The second kappa shape index (κ2) is 8.79. The predicted octanol–water partition coefficient (Wildman–Crippen LogP) is 4.67. The van der Waals surface area contributed by atoms with Gasteiger partial charge < -0.3 is 19.3 Å². The maximum absolute atomic E-state index is 12.7. The SMILES string of the molecule is Cc1cccc(-c2nc(C(C)C)no2)c1NC(=O)CSc1ccc2c(c1)OCCO2. The average Bonchev–Trinajstić information content (AvgIpc) is 3.24. The zero-order chi connectivity index (χ0) is 21.1. The minimum Gasteiger partial charge on any atom is -0.486 e. The quantitative estimate of drug-likeness (QED) is 0.574. The molecule has 0 aliphatic carbocycles. The van der Waals surface area contributed by atoms with Gasteiger partial charge in [0.1, 0.15) is 13.2 Å². The molecule has 0 fully saturated rings. The van der Waals surface area contributed by atoms with E-state index in [0.29, 0.717) is 41.9 Å². The molecule has 30 heavy (non-hydrogen) atoms. The fraction of sp³-hybridized carbons (Fsp3) is 0.318. The number of nitrogens with one attached hydrogen (secondary N) is 1. The van der Waals surface area contributed by atoms with Gasteiger partial charge in [-0.1, -0.05) is 31.1 Å². The van der Waals surface area contributed by atoms with E-state index >= 15 is 0 Å². The van der Waals surface area contributed by atoms with Gasteiger partial charge in [-0.05, 0) is 36.8 Å². The molecule has 7 nitrogen and oxygen atoms in total. The minimum absolute atomic E-state index is 0.117. The Morgan fingerprint density at radius 2 is 1.97 bits per heavy atom. The van der Waals surface area contributed by atoms with Gasteiger partial charge in [0.25, 0.3) is 5.89 Å². The number of carbonyl (C=O) groups excluding carboxylic acids is 1. The Bertz CT molecular complexity index is 1060. The largest absolute Gasteiger partial charge is 0.486 e. The topological polar surface area (TPSA) is 86.5 Å². The molecular weight excluding hydrogens is 402 g/mol. The molecule has 156 valence electrons. The van der Waals surface area contributed by atoms with Gasteiger partial charge in [-0.25, -0.2) is 0 Å². The summed E-state index contributed by atoms with van der Waals surface area (Å²) in [6, 6.07) is 11.4. The molecule has 1 amide bonds. The highest BCUT2D eigenvalue weighted by atomic mass is 32.2. The van der Waals surface area contributed by atoms with E-state index in [2.05, 4.69) is 15.5 Å². The zero-order valence-electron chi connectivity index (χ0n) is 17.1. The van der Waals surface area contributed by atoms with Crippen molar-refractivity contribution in [2.45, 2.75) is 31.6 Å². The summed E-state index contributed by atoms with van der Waals surface area (Å²) in [6.07, 6.45) is 0. The molecule has 0 saturated heterocycles. The molecule has 1 aliphatic rings. The lowest BCUT2D eigenvalue weighted by Gasteiger charge is -2.18. The summed E-state index contributed by atoms with van der Waals surface area (Å²) in [5.74, 6) is 2.79. The van der Waals surface area contributed by atoms with Crippen LogP contribution in [0.5, 0.6) is 11.5 Å². The van der Waals surface area contributed by atoms with Crippen LogP contribution in [-0.4, -0.2) is 35.0 Å². The van der Waals surface area contributed by atoms with E-state index < -0.39 is 0 Å². The monoisotopic (exact) mass is 425 g/mol. The molecule has 0 spiro atoms. The molecule has 1 aliphatic heterocycles. The van der Waals surface area contributed by atoms with Crippen molar-refractivity contribution < 1.29 is 18.8 Å². The third-order valence-electron chi connectivity index (χ3n) is 4.61. The van der Waals surface area contributed by atoms with Crippen LogP contribution >= 0.6 is 11.8 Å². The van der Waals surface area contributed by atoms with Crippen LogP contribution < -0.4 is 14.8 Å². The number of thioether (sulfide) groups is 1. The normalized spacial score (nSPS) is 12.8. The van der Waals surface area contributed by atoms with Crippen molar-refractivity contribution in [1.82, 2.24) is 10.1 Å². The highest BCUT2D eigenvalue weighted by Crippen LogP contribution is 2.35. The minimum atomic E-state index is -0.117. The maximum atomic E-state index is 12.7. The van der Waals surface area contributed by atoms with Gasteiger partial charge in [0.15, 0.2) is 17.3 Å². The fourth-order valence-corrected chi connectivity index (χ4v) is 3.75. The van der Waals surface area contributed by atoms with Crippen LogP contribution in [0.15, 0.2) is 45.8 Å². The first-order valence-corrected chi connectivity index (χ1v) is 10.8. The van der Waals surface area contributed by atoms with E-state index in [-0.39, 0.29) is 17.6 Å². The van der Waals surface area contributed by atoms with E-state index in [1.54, 1.807) is 0 Å². The Hall–Kier alpha value is -3.00. The van der Waals surface area contributed by atoms with Crippen molar-refractivity contribution in [2.24, 2.45) is 0 Å². The summed E-state index contributed by atoms with van der Waals surface area (Å²) in [6.45, 7) is 7.03. The first kappa shape index (κ1) is 20.3. The summed E-state index contributed by atoms with van der Waals surface area (Å²) in [7, 11) is 0. The molecule has 0 unspecified atom stereocenters. The molecule has 4 rings (SSSR count). The molecule has 0 bridgehead atoms. The Kier molecular flexibility index (Phi) is 5.94. The molecular formula is C22H23N3O4S. The Morgan fingerprint density at radius 1 is 1.17 bits per heavy atom. The van der Waals surface area contributed by atoms with Gasteiger partial charge in [-0.3, -0.25) is 4.79 Å². The summed E-state index contributed by atoms with van der Waals surface area (Å²) in [5.41, 5.74) is 2.32. The number of hydrogen-bond acceptors (Lipinski definition) is 7. The summed E-state index contributed by atoms with van der Waals surface area (Å²) in [4.78, 5) is 18.1. The molecule has 0 saturated carbocycles. The number of benzene rings is 2. The van der Waals surface area contributed by atoms with E-state index in [1.807, 2.05) is 57.2 Å². The van der Waals surface area contributed by atoms with Crippen molar-refractivity contribution in [3.8, 4) is 23.0 Å². The Balaban J connectivity index is 1.46. The molecule has 1 N–H and O–H groups in total. The van der Waals surface area contributed by atoms with Crippen LogP contribution in [0.2, 0.25) is 0 Å². The molecule has 8 heteroatoms. The van der Waals surface area contributed by atoms with Crippen LogP contribution in [0, 0.1) is 6.92 Å². The highest BCUT2D eigenvalue weighted by Gasteiger charge is 2.18. The Labute approximate surface area is 179 Å². The van der Waals surface area contributed by atoms with E-state index in [1.165, 1.54) is 11.8 Å². The van der Waals surface area contributed by atoms with E-state index in [4.69, 9.17) is 14.0 Å². The smallest absolute Gasteiger partial charge is 0.260 e. The van der Waals surface area contributed by atoms with Gasteiger partial charge >= 0.3 is 0 Å². The number of anilines is 1. The molecule has 2 aromatic carbocycles. The summed E-state index contributed by atoms with van der Waals surface area (Å²) in [5, 5.41) is 7.03. The molecule has 0 atom stereocenters. The van der Waals surface area contributed by atoms with Gasteiger partial charge in [0.2, 0.25) is 5.91 Å². The van der Waals surface area contributed by atoms with Crippen molar-refractivity contribution in [2.75, 3.05) is 24.3 Å². The Morgan fingerprint density at radius 3 is 2.73 bits per heavy atom. The maximum Gasteiger partial charge on any atom is 0.260 e. The van der Waals surface area contributed by atoms with Crippen LogP contribution in [0.4, 0.5) is 5.69 Å². The van der Waals surface area contributed by atoms with Crippen molar-refractivity contribution in [3.63, 3.8) is 0 Å². The third-order valence-corrected chi connectivity index (χ3v) is 5.60. The molecule has 0 radical (unpaired) electrons. The second-order valence-corrected chi connectivity index (χ2v) is 8.30. The van der Waals surface area contributed by atoms with Crippen LogP contribution in [-0.2, 0) is 4.79 Å². The number of ether oxygens (including phenoxy) is 2. The summed E-state index contributed by atoms with van der Waals surface area (Å²) < 4.78 is 16.6. The number of fused-ring (bicyclic) bond motifs is 1. The number of nitrogens with zero attached hydrogens (tertiary/aromatic N) is 2. The number of aryl methyl sites for hydroxylation is 1. The first-order valence-electron chi connectivity index (χ1n) is 9.77. The van der Waals surface area contributed by atoms with Gasteiger partial charge in [-0.15, -0.1) is 11.8 Å². The highest BCUT2D eigenvalue weighted by molar-refractivity contribution is 8.00. The van der Waals surface area contributed by atoms with Crippen LogP contribution in [0.1, 0.15) is 31.2 Å². The number of para-hydroxylation sites is 1. The van der Waals surface area contributed by atoms with Gasteiger partial charge in [0, 0.05) is 10.8 Å². The molecule has 1 aromatic heterocycles.